The van der Waals surface area contributed by atoms with E-state index in [0.717, 1.165) is 26.6 Å². The summed E-state index contributed by atoms with van der Waals surface area (Å²) >= 11 is 3.43. The smallest absolute Gasteiger partial charge is 0.272 e. The fourth-order valence-corrected chi connectivity index (χ4v) is 3.59. The molecule has 6 heteroatoms. The number of amides is 1. The van der Waals surface area contributed by atoms with Gasteiger partial charge in [0.1, 0.15) is 12.4 Å². The monoisotopic (exact) mass is 483 g/mol. The number of halogens is 1. The number of terminal acetylenes is 1. The standard InChI is InChI=1S/C26H18BrN3O2/c1-2-14-32-25-13-12-20(27)15-19(25)17-28-30-26(31)22-16-24(18-8-4-3-5-9-18)29-23-11-7-6-10-21(22)23/h1,3-13,15-17H,14H2,(H,30,31)/b28-17-. The van der Waals surface area contributed by atoms with E-state index in [9.17, 15) is 4.79 Å². The Morgan fingerprint density at radius 1 is 1.09 bits per heavy atom. The normalized spacial score (nSPS) is 10.8. The average Bonchev–Trinajstić information content (AvgIpc) is 2.83. The second kappa shape index (κ2) is 9.90. The molecular formula is C26H18BrN3O2. The minimum Gasteiger partial charge on any atom is -0.480 e. The molecule has 0 saturated carbocycles. The minimum absolute atomic E-state index is 0.139. The number of para-hydroxylation sites is 1. The van der Waals surface area contributed by atoms with Gasteiger partial charge in [0.05, 0.1) is 23.0 Å². The van der Waals surface area contributed by atoms with Crippen LogP contribution in [-0.4, -0.2) is 23.7 Å². The number of hydrogen-bond donors (Lipinski definition) is 1. The molecule has 0 aliphatic rings. The lowest BCUT2D eigenvalue weighted by Crippen LogP contribution is -2.18. The van der Waals surface area contributed by atoms with Gasteiger partial charge in [0.15, 0.2) is 0 Å². The maximum absolute atomic E-state index is 13.0. The molecule has 1 N–H and O–H groups in total. The summed E-state index contributed by atoms with van der Waals surface area (Å²) in [7, 11) is 0. The third-order valence-electron chi connectivity index (χ3n) is 4.68. The first-order chi connectivity index (χ1) is 15.7. The summed E-state index contributed by atoms with van der Waals surface area (Å²) in [4.78, 5) is 17.7. The second-order valence-electron chi connectivity index (χ2n) is 6.81. The summed E-state index contributed by atoms with van der Waals surface area (Å²) in [5.74, 6) is 2.67. The van der Waals surface area contributed by atoms with Gasteiger partial charge < -0.3 is 4.74 Å². The Balaban J connectivity index is 1.64. The van der Waals surface area contributed by atoms with Crippen LogP contribution in [0.3, 0.4) is 0 Å². The van der Waals surface area contributed by atoms with Crippen LogP contribution in [0.15, 0.2) is 88.4 Å². The lowest BCUT2D eigenvalue weighted by molar-refractivity contribution is 0.0956. The number of aromatic nitrogens is 1. The molecule has 32 heavy (non-hydrogen) atoms. The fourth-order valence-electron chi connectivity index (χ4n) is 3.21. The Morgan fingerprint density at radius 3 is 2.69 bits per heavy atom. The van der Waals surface area contributed by atoms with Crippen molar-refractivity contribution in [3.63, 3.8) is 0 Å². The first-order valence-electron chi connectivity index (χ1n) is 9.80. The van der Waals surface area contributed by atoms with Crippen LogP contribution in [-0.2, 0) is 0 Å². The zero-order valence-corrected chi connectivity index (χ0v) is 18.5. The van der Waals surface area contributed by atoms with Crippen molar-refractivity contribution in [2.45, 2.75) is 0 Å². The number of nitrogens with zero attached hydrogens (tertiary/aromatic N) is 2. The summed E-state index contributed by atoms with van der Waals surface area (Å²) in [6.45, 7) is 0.139. The lowest BCUT2D eigenvalue weighted by atomic mass is 10.0. The molecule has 156 valence electrons. The van der Waals surface area contributed by atoms with E-state index in [1.165, 1.54) is 6.21 Å². The van der Waals surface area contributed by atoms with Crippen LogP contribution in [0, 0.1) is 12.3 Å². The van der Waals surface area contributed by atoms with E-state index in [0.29, 0.717) is 16.9 Å². The van der Waals surface area contributed by atoms with E-state index >= 15 is 0 Å². The van der Waals surface area contributed by atoms with E-state index in [-0.39, 0.29) is 12.5 Å². The maximum Gasteiger partial charge on any atom is 0.272 e. The van der Waals surface area contributed by atoms with Crippen molar-refractivity contribution in [2.75, 3.05) is 6.61 Å². The number of nitrogens with one attached hydrogen (secondary N) is 1. The van der Waals surface area contributed by atoms with Crippen LogP contribution in [0.4, 0.5) is 0 Å². The first-order valence-corrected chi connectivity index (χ1v) is 10.6. The molecular weight excluding hydrogens is 466 g/mol. The molecule has 0 saturated heterocycles. The molecule has 4 aromatic rings. The summed E-state index contributed by atoms with van der Waals surface area (Å²) in [5.41, 5.74) is 6.17. The first kappa shape index (κ1) is 21.3. The Morgan fingerprint density at radius 2 is 1.88 bits per heavy atom. The number of carbonyl (C=O) groups is 1. The highest BCUT2D eigenvalue weighted by Gasteiger charge is 2.13. The zero-order chi connectivity index (χ0) is 22.3. The Hall–Kier alpha value is -3.95. The Kier molecular flexibility index (Phi) is 6.59. The van der Waals surface area contributed by atoms with Gasteiger partial charge in [-0.3, -0.25) is 4.79 Å². The largest absolute Gasteiger partial charge is 0.480 e. The number of rotatable bonds is 6. The molecule has 0 bridgehead atoms. The summed E-state index contributed by atoms with van der Waals surface area (Å²) in [5, 5.41) is 4.89. The van der Waals surface area contributed by atoms with Gasteiger partial charge in [0.25, 0.3) is 5.91 Å². The molecule has 1 amide bonds. The minimum atomic E-state index is -0.335. The highest BCUT2D eigenvalue weighted by Crippen LogP contribution is 2.25. The molecule has 0 radical (unpaired) electrons. The van der Waals surface area contributed by atoms with Crippen LogP contribution < -0.4 is 10.2 Å². The van der Waals surface area contributed by atoms with Gasteiger partial charge in [-0.25, -0.2) is 10.4 Å². The van der Waals surface area contributed by atoms with E-state index in [1.807, 2.05) is 66.7 Å². The molecule has 0 fully saturated rings. The number of benzene rings is 3. The van der Waals surface area contributed by atoms with Gasteiger partial charge in [0, 0.05) is 21.0 Å². The van der Waals surface area contributed by atoms with Crippen LogP contribution in [0.2, 0.25) is 0 Å². The molecule has 3 aromatic carbocycles. The van der Waals surface area contributed by atoms with Gasteiger partial charge in [-0.2, -0.15) is 5.10 Å². The Labute approximate surface area is 194 Å². The van der Waals surface area contributed by atoms with Crippen LogP contribution >= 0.6 is 15.9 Å². The molecule has 0 aliphatic heterocycles. The fraction of sp³-hybridized carbons (Fsp3) is 0.0385. The van der Waals surface area contributed by atoms with Crippen molar-refractivity contribution in [1.82, 2.24) is 10.4 Å². The highest BCUT2D eigenvalue weighted by atomic mass is 79.9. The molecule has 1 aromatic heterocycles. The number of pyridine rings is 1. The number of fused-ring (bicyclic) bond motifs is 1. The van der Waals surface area contributed by atoms with Crippen molar-refractivity contribution in [3.8, 4) is 29.4 Å². The molecule has 0 atom stereocenters. The van der Waals surface area contributed by atoms with Crippen LogP contribution in [0.1, 0.15) is 15.9 Å². The number of carbonyl (C=O) groups excluding carboxylic acids is 1. The van der Waals surface area contributed by atoms with E-state index in [1.54, 1.807) is 12.1 Å². The summed E-state index contributed by atoms with van der Waals surface area (Å²) in [6, 6.07) is 24.5. The predicted molar refractivity (Wildman–Crippen MR) is 131 cm³/mol. The van der Waals surface area contributed by atoms with Crippen molar-refractivity contribution >= 4 is 39.0 Å². The molecule has 0 aliphatic carbocycles. The predicted octanol–water partition coefficient (Wildman–Crippen LogP) is 5.44. The second-order valence-corrected chi connectivity index (χ2v) is 7.73. The molecule has 4 rings (SSSR count). The van der Waals surface area contributed by atoms with E-state index in [4.69, 9.17) is 16.1 Å². The van der Waals surface area contributed by atoms with Crippen molar-refractivity contribution in [3.05, 3.63) is 94.5 Å². The maximum atomic E-state index is 13.0. The van der Waals surface area contributed by atoms with Crippen LogP contribution in [0.25, 0.3) is 22.2 Å². The van der Waals surface area contributed by atoms with Gasteiger partial charge >= 0.3 is 0 Å². The zero-order valence-electron chi connectivity index (χ0n) is 17.0. The van der Waals surface area contributed by atoms with E-state index < -0.39 is 0 Å². The summed E-state index contributed by atoms with van der Waals surface area (Å²) < 4.78 is 6.39. The molecule has 0 unspecified atom stereocenters. The Bertz CT molecular complexity index is 1340. The van der Waals surface area contributed by atoms with Gasteiger partial charge in [-0.05, 0) is 30.3 Å². The summed E-state index contributed by atoms with van der Waals surface area (Å²) in [6.07, 6.45) is 6.80. The van der Waals surface area contributed by atoms with Gasteiger partial charge in [-0.15, -0.1) is 6.42 Å². The highest BCUT2D eigenvalue weighted by molar-refractivity contribution is 9.10. The van der Waals surface area contributed by atoms with Crippen molar-refractivity contribution in [1.29, 1.82) is 0 Å². The lowest BCUT2D eigenvalue weighted by Gasteiger charge is -2.09. The third-order valence-corrected chi connectivity index (χ3v) is 5.18. The van der Waals surface area contributed by atoms with Crippen molar-refractivity contribution in [2.24, 2.45) is 5.10 Å². The molecule has 5 nitrogen and oxygen atoms in total. The number of hydrogen-bond acceptors (Lipinski definition) is 4. The van der Waals surface area contributed by atoms with E-state index in [2.05, 4.69) is 32.4 Å². The molecule has 0 spiro atoms. The third kappa shape index (κ3) is 4.85. The van der Waals surface area contributed by atoms with Gasteiger partial charge in [-0.1, -0.05) is 70.4 Å². The average molecular weight is 484 g/mol. The topological polar surface area (TPSA) is 63.6 Å². The quantitative estimate of drug-likeness (QED) is 0.225. The van der Waals surface area contributed by atoms with Crippen LogP contribution in [0.5, 0.6) is 5.75 Å². The number of hydrazone groups is 1. The number of ether oxygens (including phenoxy) is 1. The van der Waals surface area contributed by atoms with Crippen molar-refractivity contribution < 1.29 is 9.53 Å². The SMILES string of the molecule is C#CCOc1ccc(Br)cc1/C=N\NC(=O)c1cc(-c2ccccc2)nc2ccccc12. The molecule has 1 heterocycles. The van der Waals surface area contributed by atoms with Gasteiger partial charge in [0.2, 0.25) is 0 Å².